The summed E-state index contributed by atoms with van der Waals surface area (Å²) in [5, 5.41) is 29.5. The summed E-state index contributed by atoms with van der Waals surface area (Å²) in [5.41, 5.74) is 10.4. The standard InChI is InChI=1S/C8H10N2O3.C6H6N2O3.2CH4/c1-2-13-6-3-4-7(9)8(5-6)10(11)12;7-5-2-1-4(9)3-6(5)8(10)11;;/h3-5H,2,9H2,1H3;1-3,9H,7H2;2*1H4. The van der Waals surface area contributed by atoms with E-state index in [1.165, 1.54) is 24.3 Å². The highest BCUT2D eigenvalue weighted by Crippen LogP contribution is 2.26. The summed E-state index contributed by atoms with van der Waals surface area (Å²) >= 11 is 0. The number of nitrogens with two attached hydrogens (primary N) is 2. The maximum Gasteiger partial charge on any atom is 0.295 e. The van der Waals surface area contributed by atoms with Crippen molar-refractivity contribution in [1.29, 1.82) is 0 Å². The number of nitro groups is 2. The number of phenolic OH excluding ortho intramolecular Hbond substituents is 1. The topological polar surface area (TPSA) is 168 Å². The first kappa shape index (κ1) is 24.7. The average Bonchev–Trinajstić information content (AvgIpc) is 2.52. The smallest absolute Gasteiger partial charge is 0.295 e. The van der Waals surface area contributed by atoms with Crippen LogP contribution in [0.2, 0.25) is 0 Å². The first-order valence-corrected chi connectivity index (χ1v) is 6.65. The second kappa shape index (κ2) is 11.1. The van der Waals surface area contributed by atoms with Crippen LogP contribution in [0.15, 0.2) is 36.4 Å². The fourth-order valence-corrected chi connectivity index (χ4v) is 1.63. The van der Waals surface area contributed by atoms with Crippen molar-refractivity contribution >= 4 is 22.7 Å². The van der Waals surface area contributed by atoms with Gasteiger partial charge in [-0.1, -0.05) is 14.9 Å². The van der Waals surface area contributed by atoms with Gasteiger partial charge in [-0.25, -0.2) is 0 Å². The van der Waals surface area contributed by atoms with E-state index in [1.54, 1.807) is 6.07 Å². The summed E-state index contributed by atoms with van der Waals surface area (Å²) in [6, 6.07) is 7.97. The van der Waals surface area contributed by atoms with E-state index in [0.29, 0.717) is 12.4 Å². The third kappa shape index (κ3) is 6.91. The lowest BCUT2D eigenvalue weighted by atomic mass is 10.2. The second-order valence-electron chi connectivity index (χ2n) is 4.41. The van der Waals surface area contributed by atoms with Crippen LogP contribution in [0.3, 0.4) is 0 Å². The zero-order chi connectivity index (χ0) is 18.3. The lowest BCUT2D eigenvalue weighted by molar-refractivity contribution is -0.384. The number of rotatable bonds is 4. The van der Waals surface area contributed by atoms with Gasteiger partial charge >= 0.3 is 0 Å². The van der Waals surface area contributed by atoms with Crippen molar-refractivity contribution in [2.75, 3.05) is 18.1 Å². The number of nitrogen functional groups attached to an aromatic ring is 2. The quantitative estimate of drug-likeness (QED) is 0.317. The van der Waals surface area contributed by atoms with Gasteiger partial charge in [0.25, 0.3) is 11.4 Å². The molecule has 0 unspecified atom stereocenters. The summed E-state index contributed by atoms with van der Waals surface area (Å²) in [5.74, 6) is 0.300. The third-order valence-corrected chi connectivity index (χ3v) is 2.72. The van der Waals surface area contributed by atoms with Gasteiger partial charge in [0.2, 0.25) is 0 Å². The molecule has 0 spiro atoms. The van der Waals surface area contributed by atoms with Crippen LogP contribution in [-0.4, -0.2) is 21.6 Å². The van der Waals surface area contributed by atoms with Crippen molar-refractivity contribution in [3.05, 3.63) is 56.6 Å². The van der Waals surface area contributed by atoms with Gasteiger partial charge in [-0.2, -0.15) is 0 Å². The van der Waals surface area contributed by atoms with Gasteiger partial charge in [-0.15, -0.1) is 0 Å². The molecule has 0 radical (unpaired) electrons. The number of anilines is 2. The molecule has 0 aromatic heterocycles. The largest absolute Gasteiger partial charge is 0.508 e. The Morgan fingerprint density at radius 1 is 0.962 bits per heavy atom. The molecule has 2 aromatic rings. The van der Waals surface area contributed by atoms with E-state index >= 15 is 0 Å². The Labute approximate surface area is 151 Å². The number of hydrogen-bond donors (Lipinski definition) is 3. The molecule has 0 atom stereocenters. The van der Waals surface area contributed by atoms with Gasteiger partial charge in [-0.05, 0) is 31.2 Å². The fourth-order valence-electron chi connectivity index (χ4n) is 1.63. The number of nitrogens with zero attached hydrogens (tertiary/aromatic N) is 2. The van der Waals surface area contributed by atoms with Gasteiger partial charge in [0.05, 0.1) is 28.6 Å². The molecule has 26 heavy (non-hydrogen) atoms. The zero-order valence-corrected chi connectivity index (χ0v) is 12.7. The minimum absolute atomic E-state index is 0. The van der Waals surface area contributed by atoms with Gasteiger partial charge in [-0.3, -0.25) is 20.2 Å². The van der Waals surface area contributed by atoms with Crippen LogP contribution in [0, 0.1) is 20.2 Å². The molecule has 10 heteroatoms. The number of nitro benzene ring substituents is 2. The molecular weight excluding hydrogens is 344 g/mol. The maximum atomic E-state index is 10.4. The lowest BCUT2D eigenvalue weighted by Crippen LogP contribution is -1.97. The molecule has 2 aromatic carbocycles. The summed E-state index contributed by atoms with van der Waals surface area (Å²) < 4.78 is 5.09. The fraction of sp³-hybridized carbons (Fsp3) is 0.250. The van der Waals surface area contributed by atoms with E-state index in [1.807, 2.05) is 6.92 Å². The number of aromatic hydroxyl groups is 1. The maximum absolute atomic E-state index is 10.4. The van der Waals surface area contributed by atoms with Gasteiger partial charge < -0.3 is 21.3 Å². The number of phenols is 1. The Hall–Kier alpha value is -3.56. The van der Waals surface area contributed by atoms with Crippen LogP contribution in [0.4, 0.5) is 22.7 Å². The molecule has 0 amide bonds. The van der Waals surface area contributed by atoms with Crippen LogP contribution in [0.5, 0.6) is 11.5 Å². The van der Waals surface area contributed by atoms with Crippen molar-refractivity contribution in [1.82, 2.24) is 0 Å². The number of hydrogen-bond acceptors (Lipinski definition) is 8. The molecule has 0 saturated carbocycles. The summed E-state index contributed by atoms with van der Waals surface area (Å²) in [7, 11) is 0. The molecule has 2 rings (SSSR count). The van der Waals surface area contributed by atoms with E-state index in [-0.39, 0.29) is 43.4 Å². The molecule has 0 aliphatic heterocycles. The van der Waals surface area contributed by atoms with Crippen molar-refractivity contribution in [2.45, 2.75) is 21.8 Å². The van der Waals surface area contributed by atoms with E-state index in [4.69, 9.17) is 21.3 Å². The minimum atomic E-state index is -0.644. The predicted octanol–water partition coefficient (Wildman–Crippen LogP) is 3.73. The first-order chi connectivity index (χ1) is 11.3. The van der Waals surface area contributed by atoms with Crippen LogP contribution < -0.4 is 16.2 Å². The number of ether oxygens (including phenoxy) is 1. The highest BCUT2D eigenvalue weighted by molar-refractivity contribution is 5.61. The van der Waals surface area contributed by atoms with E-state index in [2.05, 4.69) is 0 Å². The second-order valence-corrected chi connectivity index (χ2v) is 4.41. The van der Waals surface area contributed by atoms with E-state index in [9.17, 15) is 20.2 Å². The van der Waals surface area contributed by atoms with E-state index < -0.39 is 9.85 Å². The Kier molecular flexibility index (Phi) is 10.5. The van der Waals surface area contributed by atoms with Crippen LogP contribution >= 0.6 is 0 Å². The summed E-state index contributed by atoms with van der Waals surface area (Å²) in [6.07, 6.45) is 0. The van der Waals surface area contributed by atoms with Gasteiger partial charge in [0.15, 0.2) is 0 Å². The first-order valence-electron chi connectivity index (χ1n) is 6.65. The highest BCUT2D eigenvalue weighted by Gasteiger charge is 2.12. The molecule has 5 N–H and O–H groups in total. The Balaban J connectivity index is 0. The summed E-state index contributed by atoms with van der Waals surface area (Å²) in [6.45, 7) is 2.28. The molecule has 0 fully saturated rings. The monoisotopic (exact) mass is 368 g/mol. The van der Waals surface area contributed by atoms with Crippen molar-refractivity contribution < 1.29 is 19.7 Å². The van der Waals surface area contributed by atoms with Gasteiger partial charge in [0, 0.05) is 0 Å². The SMILES string of the molecule is C.C.CCOc1ccc(N)c([N+](=O)[O-])c1.Nc1ccc(O)cc1[N+](=O)[O-]. The molecule has 0 saturated heterocycles. The lowest BCUT2D eigenvalue weighted by Gasteiger charge is -2.03. The van der Waals surface area contributed by atoms with Crippen molar-refractivity contribution in [3.63, 3.8) is 0 Å². The predicted molar refractivity (Wildman–Crippen MR) is 101 cm³/mol. The normalized spacial score (nSPS) is 8.81. The molecule has 0 aliphatic rings. The van der Waals surface area contributed by atoms with Crippen molar-refractivity contribution in [2.24, 2.45) is 0 Å². The number of benzene rings is 2. The third-order valence-electron chi connectivity index (χ3n) is 2.72. The van der Waals surface area contributed by atoms with Crippen LogP contribution in [0.25, 0.3) is 0 Å². The Morgan fingerprint density at radius 3 is 1.85 bits per heavy atom. The van der Waals surface area contributed by atoms with Gasteiger partial charge in [0.1, 0.15) is 22.9 Å². The summed E-state index contributed by atoms with van der Waals surface area (Å²) in [4.78, 5) is 19.5. The zero-order valence-electron chi connectivity index (χ0n) is 12.7. The Bertz CT molecular complexity index is 752. The molecule has 0 heterocycles. The van der Waals surface area contributed by atoms with Crippen LogP contribution in [0.1, 0.15) is 21.8 Å². The van der Waals surface area contributed by atoms with Crippen molar-refractivity contribution in [3.8, 4) is 11.5 Å². The molecular formula is C16H24N4O6. The van der Waals surface area contributed by atoms with Crippen LogP contribution in [-0.2, 0) is 0 Å². The van der Waals surface area contributed by atoms with E-state index in [0.717, 1.165) is 6.07 Å². The minimum Gasteiger partial charge on any atom is -0.508 e. The Morgan fingerprint density at radius 2 is 1.42 bits per heavy atom. The highest BCUT2D eigenvalue weighted by atomic mass is 16.6. The molecule has 0 aliphatic carbocycles. The molecule has 10 nitrogen and oxygen atoms in total. The molecule has 0 bridgehead atoms. The average molecular weight is 368 g/mol. The molecule has 144 valence electrons.